The smallest absolute Gasteiger partial charge is 0.262 e. The summed E-state index contributed by atoms with van der Waals surface area (Å²) in [5.41, 5.74) is 3.34. The topological polar surface area (TPSA) is 96.6 Å². The zero-order chi connectivity index (χ0) is 18.8. The van der Waals surface area contributed by atoms with Crippen molar-refractivity contribution in [2.75, 3.05) is 18.0 Å². The van der Waals surface area contributed by atoms with Gasteiger partial charge in [0.05, 0.1) is 17.5 Å². The van der Waals surface area contributed by atoms with Crippen molar-refractivity contribution < 1.29 is 4.52 Å². The Morgan fingerprint density at radius 3 is 2.79 bits per heavy atom. The third-order valence-corrected chi connectivity index (χ3v) is 4.93. The molecule has 4 aromatic heterocycles. The summed E-state index contributed by atoms with van der Waals surface area (Å²) >= 11 is 0. The molecule has 0 spiro atoms. The molecule has 0 amide bonds. The largest absolute Gasteiger partial charge is 0.357 e. The number of anilines is 1. The molecule has 1 saturated heterocycles. The second-order valence-electron chi connectivity index (χ2n) is 6.77. The zero-order valence-electron chi connectivity index (χ0n) is 15.2. The molecule has 0 unspecified atom stereocenters. The van der Waals surface area contributed by atoms with Gasteiger partial charge in [0, 0.05) is 42.8 Å². The monoisotopic (exact) mass is 373 g/mol. The SMILES string of the molecule is c1cncc(-c2[nH]ncc2-c2nc(-c3ccnc(N4CCCCC4)c3)no2)c1. The lowest BCUT2D eigenvalue weighted by atomic mass is 10.1. The number of pyridine rings is 2. The van der Waals surface area contributed by atoms with Crippen molar-refractivity contribution in [1.82, 2.24) is 30.3 Å². The summed E-state index contributed by atoms with van der Waals surface area (Å²) in [6, 6.07) is 7.75. The number of H-pyrrole nitrogens is 1. The van der Waals surface area contributed by atoms with Gasteiger partial charge in [-0.15, -0.1) is 0 Å². The molecule has 0 atom stereocenters. The van der Waals surface area contributed by atoms with Crippen molar-refractivity contribution >= 4 is 5.82 Å². The Morgan fingerprint density at radius 1 is 1.00 bits per heavy atom. The Balaban J connectivity index is 1.46. The van der Waals surface area contributed by atoms with Gasteiger partial charge in [0.15, 0.2) is 0 Å². The molecule has 1 aliphatic rings. The molecule has 0 aliphatic carbocycles. The van der Waals surface area contributed by atoms with E-state index < -0.39 is 0 Å². The molecule has 1 aliphatic heterocycles. The van der Waals surface area contributed by atoms with Crippen LogP contribution in [0, 0.1) is 0 Å². The molecule has 28 heavy (non-hydrogen) atoms. The number of aromatic nitrogens is 6. The van der Waals surface area contributed by atoms with E-state index >= 15 is 0 Å². The third kappa shape index (κ3) is 3.13. The molecular weight excluding hydrogens is 354 g/mol. The van der Waals surface area contributed by atoms with E-state index in [0.717, 1.165) is 41.3 Å². The molecule has 0 saturated carbocycles. The van der Waals surface area contributed by atoms with Crippen molar-refractivity contribution in [3.63, 3.8) is 0 Å². The molecule has 0 radical (unpaired) electrons. The maximum Gasteiger partial charge on any atom is 0.262 e. The number of hydrogen-bond donors (Lipinski definition) is 1. The van der Waals surface area contributed by atoms with Crippen LogP contribution < -0.4 is 4.90 Å². The first-order valence-corrected chi connectivity index (χ1v) is 9.38. The van der Waals surface area contributed by atoms with Crippen molar-refractivity contribution in [2.24, 2.45) is 0 Å². The van der Waals surface area contributed by atoms with E-state index in [1.165, 1.54) is 19.3 Å². The van der Waals surface area contributed by atoms with Gasteiger partial charge in [0.1, 0.15) is 5.82 Å². The number of nitrogens with zero attached hydrogens (tertiary/aromatic N) is 6. The van der Waals surface area contributed by atoms with Crippen LogP contribution in [0.2, 0.25) is 0 Å². The minimum Gasteiger partial charge on any atom is -0.357 e. The third-order valence-electron chi connectivity index (χ3n) is 4.93. The van der Waals surface area contributed by atoms with Crippen LogP contribution >= 0.6 is 0 Å². The predicted octanol–water partition coefficient (Wildman–Crippen LogP) is 3.57. The van der Waals surface area contributed by atoms with Crippen molar-refractivity contribution in [2.45, 2.75) is 19.3 Å². The Morgan fingerprint density at radius 2 is 1.93 bits per heavy atom. The molecule has 5 rings (SSSR count). The highest BCUT2D eigenvalue weighted by Gasteiger charge is 2.18. The highest BCUT2D eigenvalue weighted by molar-refractivity contribution is 5.76. The fraction of sp³-hybridized carbons (Fsp3) is 0.250. The number of aromatic amines is 1. The summed E-state index contributed by atoms with van der Waals surface area (Å²) in [6.07, 6.45) is 10.7. The van der Waals surface area contributed by atoms with Gasteiger partial charge in [-0.25, -0.2) is 4.98 Å². The number of piperidine rings is 1. The van der Waals surface area contributed by atoms with Crippen LogP contribution in [0.3, 0.4) is 0 Å². The zero-order valence-corrected chi connectivity index (χ0v) is 15.2. The Labute approximate surface area is 161 Å². The number of rotatable bonds is 4. The molecule has 5 heterocycles. The molecule has 8 nitrogen and oxygen atoms in total. The lowest BCUT2D eigenvalue weighted by molar-refractivity contribution is 0.432. The van der Waals surface area contributed by atoms with E-state index in [9.17, 15) is 0 Å². The normalized spacial score (nSPS) is 14.4. The second-order valence-corrected chi connectivity index (χ2v) is 6.77. The van der Waals surface area contributed by atoms with Crippen LogP contribution in [0.1, 0.15) is 19.3 Å². The summed E-state index contributed by atoms with van der Waals surface area (Å²) in [5, 5.41) is 11.3. The van der Waals surface area contributed by atoms with Gasteiger partial charge in [0.25, 0.3) is 5.89 Å². The van der Waals surface area contributed by atoms with Crippen molar-refractivity contribution in [3.05, 3.63) is 49.1 Å². The quantitative estimate of drug-likeness (QED) is 0.584. The van der Waals surface area contributed by atoms with Crippen LogP contribution in [0.25, 0.3) is 34.1 Å². The lowest BCUT2D eigenvalue weighted by Crippen LogP contribution is -2.30. The van der Waals surface area contributed by atoms with E-state index in [4.69, 9.17) is 4.52 Å². The summed E-state index contributed by atoms with van der Waals surface area (Å²) in [5.74, 6) is 1.91. The molecule has 140 valence electrons. The Bertz CT molecular complexity index is 1070. The fourth-order valence-electron chi connectivity index (χ4n) is 3.48. The summed E-state index contributed by atoms with van der Waals surface area (Å²) in [4.78, 5) is 15.6. The minimum absolute atomic E-state index is 0.416. The second kappa shape index (κ2) is 7.22. The molecular formula is C20H19N7O. The van der Waals surface area contributed by atoms with Crippen LogP contribution in [-0.4, -0.2) is 43.4 Å². The van der Waals surface area contributed by atoms with E-state index in [0.29, 0.717) is 11.7 Å². The van der Waals surface area contributed by atoms with Crippen LogP contribution in [0.5, 0.6) is 0 Å². The molecule has 0 bridgehead atoms. The minimum atomic E-state index is 0.416. The maximum absolute atomic E-state index is 5.54. The van der Waals surface area contributed by atoms with Crippen LogP contribution in [0.4, 0.5) is 5.82 Å². The standard InChI is InChI=1S/C20H19N7O/c1-2-9-27(10-3-1)17-11-14(6-8-22-17)19-24-20(28-26-19)16-13-23-25-18(16)15-5-4-7-21-12-15/h4-8,11-13H,1-3,9-10H2,(H,23,25). The first-order valence-electron chi connectivity index (χ1n) is 9.38. The number of nitrogens with one attached hydrogen (secondary N) is 1. The molecule has 1 fully saturated rings. The molecule has 1 N–H and O–H groups in total. The van der Waals surface area contributed by atoms with Crippen molar-refractivity contribution in [3.8, 4) is 34.1 Å². The van der Waals surface area contributed by atoms with E-state index in [2.05, 4.69) is 35.2 Å². The van der Waals surface area contributed by atoms with Gasteiger partial charge in [-0.1, -0.05) is 5.16 Å². The van der Waals surface area contributed by atoms with Gasteiger partial charge in [-0.2, -0.15) is 10.1 Å². The Kier molecular flexibility index (Phi) is 4.29. The lowest BCUT2D eigenvalue weighted by Gasteiger charge is -2.27. The van der Waals surface area contributed by atoms with Gasteiger partial charge in [-0.3, -0.25) is 10.1 Å². The van der Waals surface area contributed by atoms with Crippen molar-refractivity contribution in [1.29, 1.82) is 0 Å². The van der Waals surface area contributed by atoms with Gasteiger partial charge in [0.2, 0.25) is 5.82 Å². The molecule has 4 aromatic rings. The van der Waals surface area contributed by atoms with Gasteiger partial charge in [-0.05, 0) is 43.5 Å². The summed E-state index contributed by atoms with van der Waals surface area (Å²) < 4.78 is 5.54. The first-order chi connectivity index (χ1) is 13.9. The molecule has 0 aromatic carbocycles. The fourth-order valence-corrected chi connectivity index (χ4v) is 3.48. The number of hydrogen-bond acceptors (Lipinski definition) is 7. The maximum atomic E-state index is 5.54. The van der Waals surface area contributed by atoms with Gasteiger partial charge < -0.3 is 9.42 Å². The predicted molar refractivity (Wildman–Crippen MR) is 104 cm³/mol. The summed E-state index contributed by atoms with van der Waals surface area (Å²) in [7, 11) is 0. The molecule has 8 heteroatoms. The first kappa shape index (κ1) is 16.6. The average Bonchev–Trinajstić information content (AvgIpc) is 3.45. The summed E-state index contributed by atoms with van der Waals surface area (Å²) in [6.45, 7) is 2.08. The van der Waals surface area contributed by atoms with E-state index in [1.807, 2.05) is 24.3 Å². The Hall–Kier alpha value is -3.55. The average molecular weight is 373 g/mol. The van der Waals surface area contributed by atoms with E-state index in [1.54, 1.807) is 24.8 Å². The van der Waals surface area contributed by atoms with E-state index in [-0.39, 0.29) is 0 Å². The highest BCUT2D eigenvalue weighted by atomic mass is 16.5. The van der Waals surface area contributed by atoms with Crippen LogP contribution in [0.15, 0.2) is 53.6 Å². The van der Waals surface area contributed by atoms with Crippen LogP contribution in [-0.2, 0) is 0 Å². The highest BCUT2D eigenvalue weighted by Crippen LogP contribution is 2.30. The van der Waals surface area contributed by atoms with Gasteiger partial charge >= 0.3 is 0 Å².